The molecule has 0 rings (SSSR count). The Morgan fingerprint density at radius 1 is 0.308 bits per heavy atom. The average molecular weight is 916 g/mol. The standard InChI is InChI=1S/C59H110O6/c1-4-7-10-13-16-19-22-25-27-28-29-30-31-32-33-35-37-40-43-46-49-52-58(61)64-55-56(54-63-57(60)51-48-45-42-39-36-24-21-18-15-12-9-6-3)65-59(62)53-50-47-44-41-38-34-26-23-20-17-14-11-8-5-2/h22,25,28-29,56H,4-21,23-24,26-27,30-55H2,1-3H3/b25-22-,29-28-. The third-order valence-corrected chi connectivity index (χ3v) is 13.0. The summed E-state index contributed by atoms with van der Waals surface area (Å²) in [5.41, 5.74) is 0. The predicted molar refractivity (Wildman–Crippen MR) is 279 cm³/mol. The summed E-state index contributed by atoms with van der Waals surface area (Å²) in [6.07, 6.45) is 63.1. The molecule has 0 N–H and O–H groups in total. The molecule has 1 atom stereocenters. The zero-order valence-electron chi connectivity index (χ0n) is 43.8. The molecule has 0 aromatic carbocycles. The van der Waals surface area contributed by atoms with Crippen LogP contribution in [-0.4, -0.2) is 37.2 Å². The van der Waals surface area contributed by atoms with Gasteiger partial charge < -0.3 is 14.2 Å². The summed E-state index contributed by atoms with van der Waals surface area (Å²) < 4.78 is 16.9. The number of ether oxygens (including phenoxy) is 3. The van der Waals surface area contributed by atoms with E-state index < -0.39 is 6.10 Å². The van der Waals surface area contributed by atoms with Crippen molar-refractivity contribution in [2.75, 3.05) is 13.2 Å². The first-order valence-electron chi connectivity index (χ1n) is 28.8. The van der Waals surface area contributed by atoms with E-state index in [0.717, 1.165) is 64.2 Å². The Labute approximate surface area is 404 Å². The average Bonchev–Trinajstić information content (AvgIpc) is 3.30. The highest BCUT2D eigenvalue weighted by Crippen LogP contribution is 2.17. The fourth-order valence-electron chi connectivity index (χ4n) is 8.59. The van der Waals surface area contributed by atoms with Gasteiger partial charge in [-0.15, -0.1) is 0 Å². The summed E-state index contributed by atoms with van der Waals surface area (Å²) in [5, 5.41) is 0. The fraction of sp³-hybridized carbons (Fsp3) is 0.881. The van der Waals surface area contributed by atoms with Crippen molar-refractivity contribution in [3.05, 3.63) is 24.3 Å². The summed E-state index contributed by atoms with van der Waals surface area (Å²) in [4.78, 5) is 38.1. The number of hydrogen-bond donors (Lipinski definition) is 0. The Morgan fingerprint density at radius 2 is 0.554 bits per heavy atom. The third-order valence-electron chi connectivity index (χ3n) is 13.0. The Bertz CT molecular complexity index is 1050. The first-order valence-corrected chi connectivity index (χ1v) is 28.8. The van der Waals surface area contributed by atoms with E-state index in [0.29, 0.717) is 19.3 Å². The highest BCUT2D eigenvalue weighted by atomic mass is 16.6. The lowest BCUT2D eigenvalue weighted by atomic mass is 10.0. The Balaban J connectivity index is 4.27. The molecule has 382 valence electrons. The van der Waals surface area contributed by atoms with Gasteiger partial charge in [-0.1, -0.05) is 270 Å². The highest BCUT2D eigenvalue weighted by Gasteiger charge is 2.19. The second kappa shape index (κ2) is 54.5. The molecule has 6 heteroatoms. The molecule has 0 amide bonds. The number of hydrogen-bond acceptors (Lipinski definition) is 6. The van der Waals surface area contributed by atoms with Crippen LogP contribution in [0.2, 0.25) is 0 Å². The van der Waals surface area contributed by atoms with Gasteiger partial charge in [0.25, 0.3) is 0 Å². The van der Waals surface area contributed by atoms with E-state index >= 15 is 0 Å². The van der Waals surface area contributed by atoms with Crippen LogP contribution >= 0.6 is 0 Å². The van der Waals surface area contributed by atoms with Crippen LogP contribution in [0.25, 0.3) is 0 Å². The Kier molecular flexibility index (Phi) is 52.7. The Morgan fingerprint density at radius 3 is 0.846 bits per heavy atom. The largest absolute Gasteiger partial charge is 0.462 e. The number of carbonyl (C=O) groups is 3. The van der Waals surface area contributed by atoms with Gasteiger partial charge in [-0.05, 0) is 51.4 Å². The topological polar surface area (TPSA) is 78.9 Å². The lowest BCUT2D eigenvalue weighted by molar-refractivity contribution is -0.167. The van der Waals surface area contributed by atoms with Gasteiger partial charge in [0, 0.05) is 19.3 Å². The first kappa shape index (κ1) is 62.9. The van der Waals surface area contributed by atoms with E-state index in [1.807, 2.05) is 0 Å². The maximum Gasteiger partial charge on any atom is 0.306 e. The molecule has 0 aliphatic rings. The van der Waals surface area contributed by atoms with Gasteiger partial charge in [0.15, 0.2) is 6.10 Å². The molecule has 6 nitrogen and oxygen atoms in total. The minimum absolute atomic E-state index is 0.0670. The molecule has 0 spiro atoms. The maximum absolute atomic E-state index is 12.8. The van der Waals surface area contributed by atoms with Crippen LogP contribution in [0.4, 0.5) is 0 Å². The summed E-state index contributed by atoms with van der Waals surface area (Å²) in [6.45, 7) is 6.67. The molecule has 0 aromatic heterocycles. The second-order valence-corrected chi connectivity index (χ2v) is 19.6. The lowest BCUT2D eigenvalue weighted by Crippen LogP contribution is -2.30. The lowest BCUT2D eigenvalue weighted by Gasteiger charge is -2.18. The molecular formula is C59H110O6. The van der Waals surface area contributed by atoms with E-state index in [9.17, 15) is 14.4 Å². The van der Waals surface area contributed by atoms with Crippen molar-refractivity contribution in [3.63, 3.8) is 0 Å². The quantitative estimate of drug-likeness (QED) is 0.0262. The second-order valence-electron chi connectivity index (χ2n) is 19.6. The molecule has 0 aliphatic heterocycles. The van der Waals surface area contributed by atoms with E-state index in [-0.39, 0.29) is 31.1 Å². The van der Waals surface area contributed by atoms with Crippen molar-refractivity contribution in [1.29, 1.82) is 0 Å². The zero-order valence-corrected chi connectivity index (χ0v) is 43.8. The van der Waals surface area contributed by atoms with Gasteiger partial charge in [-0.25, -0.2) is 0 Å². The molecule has 1 unspecified atom stereocenters. The van der Waals surface area contributed by atoms with E-state index in [4.69, 9.17) is 14.2 Å². The monoisotopic (exact) mass is 915 g/mol. The van der Waals surface area contributed by atoms with Crippen molar-refractivity contribution >= 4 is 17.9 Å². The van der Waals surface area contributed by atoms with Gasteiger partial charge in [-0.2, -0.15) is 0 Å². The summed E-state index contributed by atoms with van der Waals surface area (Å²) >= 11 is 0. The van der Waals surface area contributed by atoms with Crippen LogP contribution in [0.5, 0.6) is 0 Å². The molecule has 0 aromatic rings. The molecule has 0 fully saturated rings. The molecule has 0 radical (unpaired) electrons. The number of unbranched alkanes of at least 4 members (excludes halogenated alkanes) is 38. The van der Waals surface area contributed by atoms with Crippen LogP contribution in [0.1, 0.15) is 316 Å². The molecule has 65 heavy (non-hydrogen) atoms. The minimum Gasteiger partial charge on any atom is -0.462 e. The molecule has 0 aliphatic carbocycles. The SMILES string of the molecule is CCCCCCC/C=C\C/C=C\CCCCCCCCCCCC(=O)OCC(COC(=O)CCCCCCCCCCCCCC)OC(=O)CCCCCCCCCCCCCCCC. The molecule has 0 bridgehead atoms. The first-order chi connectivity index (χ1) is 32.0. The van der Waals surface area contributed by atoms with Gasteiger partial charge in [0.2, 0.25) is 0 Å². The smallest absolute Gasteiger partial charge is 0.306 e. The molecule has 0 heterocycles. The molecule has 0 saturated heterocycles. The third kappa shape index (κ3) is 52.7. The van der Waals surface area contributed by atoms with Gasteiger partial charge in [0.05, 0.1) is 0 Å². The van der Waals surface area contributed by atoms with E-state index in [1.165, 1.54) is 212 Å². The van der Waals surface area contributed by atoms with Crippen molar-refractivity contribution in [3.8, 4) is 0 Å². The summed E-state index contributed by atoms with van der Waals surface area (Å²) in [7, 11) is 0. The van der Waals surface area contributed by atoms with Crippen LogP contribution in [0.3, 0.4) is 0 Å². The van der Waals surface area contributed by atoms with Crippen LogP contribution < -0.4 is 0 Å². The van der Waals surface area contributed by atoms with Gasteiger partial charge >= 0.3 is 17.9 Å². The normalized spacial score (nSPS) is 12.1. The number of allylic oxidation sites excluding steroid dienone is 4. The van der Waals surface area contributed by atoms with Crippen molar-refractivity contribution in [2.45, 2.75) is 322 Å². The van der Waals surface area contributed by atoms with Gasteiger partial charge in [-0.3, -0.25) is 14.4 Å². The number of esters is 3. The van der Waals surface area contributed by atoms with Crippen molar-refractivity contribution in [2.24, 2.45) is 0 Å². The summed E-state index contributed by atoms with van der Waals surface area (Å²) in [6, 6.07) is 0. The summed E-state index contributed by atoms with van der Waals surface area (Å²) in [5.74, 6) is -0.851. The predicted octanol–water partition coefficient (Wildman–Crippen LogP) is 19.1. The van der Waals surface area contributed by atoms with Gasteiger partial charge in [0.1, 0.15) is 13.2 Å². The number of carbonyl (C=O) groups excluding carboxylic acids is 3. The zero-order chi connectivity index (χ0) is 47.2. The van der Waals surface area contributed by atoms with Crippen molar-refractivity contribution in [1.82, 2.24) is 0 Å². The van der Waals surface area contributed by atoms with E-state index in [2.05, 4.69) is 45.1 Å². The van der Waals surface area contributed by atoms with Crippen LogP contribution in [0, 0.1) is 0 Å². The maximum atomic E-state index is 12.8. The van der Waals surface area contributed by atoms with E-state index in [1.54, 1.807) is 0 Å². The fourth-order valence-corrected chi connectivity index (χ4v) is 8.59. The van der Waals surface area contributed by atoms with Crippen LogP contribution in [0.15, 0.2) is 24.3 Å². The van der Waals surface area contributed by atoms with Crippen molar-refractivity contribution < 1.29 is 28.6 Å². The van der Waals surface area contributed by atoms with Crippen LogP contribution in [-0.2, 0) is 28.6 Å². The molecular weight excluding hydrogens is 805 g/mol. The molecule has 0 saturated carbocycles. The highest BCUT2D eigenvalue weighted by molar-refractivity contribution is 5.71. The number of rotatable bonds is 53. The Hall–Kier alpha value is -2.11. The minimum atomic E-state index is -0.767.